The van der Waals surface area contributed by atoms with Gasteiger partial charge in [0.25, 0.3) is 0 Å². The molecule has 0 radical (unpaired) electrons. The van der Waals surface area contributed by atoms with E-state index in [4.69, 9.17) is 9.84 Å². The highest BCUT2D eigenvalue weighted by molar-refractivity contribution is 4.97. The summed E-state index contributed by atoms with van der Waals surface area (Å²) in [5, 5.41) is 17.0. The fraction of sp³-hybridized carbons (Fsp3) is 0.818. The van der Waals surface area contributed by atoms with Gasteiger partial charge in [-0.2, -0.15) is 0 Å². The molecule has 90 valence electrons. The normalized spacial score (nSPS) is 24.4. The molecular weight excluding hydrogens is 206 g/mol. The van der Waals surface area contributed by atoms with Crippen molar-refractivity contribution in [3.05, 3.63) is 11.6 Å². The minimum absolute atomic E-state index is 0.0459. The second kappa shape index (κ2) is 4.93. The van der Waals surface area contributed by atoms with Crippen molar-refractivity contribution in [3.8, 4) is 0 Å². The number of hydrogen-bond acceptors (Lipinski definition) is 4. The highest BCUT2D eigenvalue weighted by atomic mass is 16.5. The SMILES string of the molecule is CCOC1CC(Cc2nnc(CO)n2C)C1. The van der Waals surface area contributed by atoms with Crippen molar-refractivity contribution in [2.75, 3.05) is 6.61 Å². The molecule has 5 heteroatoms. The van der Waals surface area contributed by atoms with Crippen molar-refractivity contribution in [2.24, 2.45) is 13.0 Å². The molecule has 1 aromatic rings. The van der Waals surface area contributed by atoms with Crippen LogP contribution < -0.4 is 0 Å². The lowest BCUT2D eigenvalue weighted by atomic mass is 9.80. The van der Waals surface area contributed by atoms with E-state index in [0.29, 0.717) is 17.8 Å². The maximum atomic E-state index is 9.01. The van der Waals surface area contributed by atoms with Crippen LogP contribution in [0.3, 0.4) is 0 Å². The highest BCUT2D eigenvalue weighted by Gasteiger charge is 2.30. The van der Waals surface area contributed by atoms with Crippen LogP contribution in [-0.4, -0.2) is 32.6 Å². The number of aliphatic hydroxyl groups excluding tert-OH is 1. The summed E-state index contributed by atoms with van der Waals surface area (Å²) in [5.41, 5.74) is 0. The van der Waals surface area contributed by atoms with Crippen molar-refractivity contribution in [1.29, 1.82) is 0 Å². The lowest BCUT2D eigenvalue weighted by molar-refractivity contribution is -0.0247. The van der Waals surface area contributed by atoms with E-state index in [9.17, 15) is 0 Å². The first kappa shape index (κ1) is 11.5. The lowest BCUT2D eigenvalue weighted by Gasteiger charge is -2.34. The van der Waals surface area contributed by atoms with Crippen LogP contribution in [0.5, 0.6) is 0 Å². The molecule has 1 heterocycles. The summed E-state index contributed by atoms with van der Waals surface area (Å²) < 4.78 is 7.40. The van der Waals surface area contributed by atoms with E-state index >= 15 is 0 Å². The molecule has 0 unspecified atom stereocenters. The monoisotopic (exact) mass is 225 g/mol. The molecular formula is C11H19N3O2. The van der Waals surface area contributed by atoms with Crippen molar-refractivity contribution >= 4 is 0 Å². The van der Waals surface area contributed by atoms with Gasteiger partial charge in [-0.25, -0.2) is 0 Å². The molecule has 16 heavy (non-hydrogen) atoms. The van der Waals surface area contributed by atoms with E-state index in [-0.39, 0.29) is 6.61 Å². The van der Waals surface area contributed by atoms with Gasteiger partial charge in [0, 0.05) is 20.1 Å². The van der Waals surface area contributed by atoms with Gasteiger partial charge in [0.15, 0.2) is 5.82 Å². The molecule has 2 rings (SSSR count). The molecule has 0 amide bonds. The third-order valence-corrected chi connectivity index (χ3v) is 3.26. The Bertz CT molecular complexity index is 345. The summed E-state index contributed by atoms with van der Waals surface area (Å²) in [6.07, 6.45) is 3.62. The first-order valence-corrected chi connectivity index (χ1v) is 5.84. The molecule has 1 N–H and O–H groups in total. The maximum Gasteiger partial charge on any atom is 0.158 e. The van der Waals surface area contributed by atoms with Crippen LogP contribution in [0.4, 0.5) is 0 Å². The van der Waals surface area contributed by atoms with Crippen LogP contribution in [0.25, 0.3) is 0 Å². The molecule has 1 saturated carbocycles. The van der Waals surface area contributed by atoms with E-state index in [1.807, 2.05) is 18.5 Å². The Balaban J connectivity index is 1.84. The minimum atomic E-state index is -0.0459. The Morgan fingerprint density at radius 1 is 1.38 bits per heavy atom. The summed E-state index contributed by atoms with van der Waals surface area (Å²) in [7, 11) is 1.90. The number of rotatable bonds is 5. The van der Waals surface area contributed by atoms with Gasteiger partial charge in [-0.05, 0) is 25.7 Å². The maximum absolute atomic E-state index is 9.01. The highest BCUT2D eigenvalue weighted by Crippen LogP contribution is 2.32. The average Bonchev–Trinajstić information content (AvgIpc) is 2.57. The first-order valence-electron chi connectivity index (χ1n) is 5.84. The molecule has 0 aromatic carbocycles. The Morgan fingerprint density at radius 3 is 2.62 bits per heavy atom. The van der Waals surface area contributed by atoms with Crippen LogP contribution in [-0.2, 0) is 24.8 Å². The Kier molecular flexibility index (Phi) is 3.56. The third-order valence-electron chi connectivity index (χ3n) is 3.26. The number of nitrogens with zero attached hydrogens (tertiary/aromatic N) is 3. The molecule has 1 aliphatic rings. The molecule has 5 nitrogen and oxygen atoms in total. The largest absolute Gasteiger partial charge is 0.388 e. The van der Waals surface area contributed by atoms with Crippen LogP contribution in [0.1, 0.15) is 31.4 Å². The standard InChI is InChI=1S/C11H19N3O2/c1-3-16-9-4-8(5-9)6-10-12-13-11(7-15)14(10)2/h8-9,15H,3-7H2,1-2H3. The lowest BCUT2D eigenvalue weighted by Crippen LogP contribution is -2.33. The summed E-state index contributed by atoms with van der Waals surface area (Å²) >= 11 is 0. The predicted molar refractivity (Wildman–Crippen MR) is 58.8 cm³/mol. The quantitative estimate of drug-likeness (QED) is 0.800. The van der Waals surface area contributed by atoms with Crippen LogP contribution in [0.15, 0.2) is 0 Å². The van der Waals surface area contributed by atoms with Gasteiger partial charge < -0.3 is 14.4 Å². The Labute approximate surface area is 95.4 Å². The molecule has 0 atom stereocenters. The Morgan fingerprint density at radius 2 is 2.06 bits per heavy atom. The second-order valence-corrected chi connectivity index (χ2v) is 4.37. The molecule has 0 aliphatic heterocycles. The van der Waals surface area contributed by atoms with Crippen LogP contribution >= 0.6 is 0 Å². The summed E-state index contributed by atoms with van der Waals surface area (Å²) in [6, 6.07) is 0. The zero-order chi connectivity index (χ0) is 11.5. The van der Waals surface area contributed by atoms with E-state index in [0.717, 1.165) is 31.7 Å². The smallest absolute Gasteiger partial charge is 0.158 e. The van der Waals surface area contributed by atoms with Crippen molar-refractivity contribution in [1.82, 2.24) is 14.8 Å². The summed E-state index contributed by atoms with van der Waals surface area (Å²) in [6.45, 7) is 2.79. The summed E-state index contributed by atoms with van der Waals surface area (Å²) in [4.78, 5) is 0. The molecule has 1 aromatic heterocycles. The van der Waals surface area contributed by atoms with Gasteiger partial charge in [-0.1, -0.05) is 0 Å². The number of aromatic nitrogens is 3. The first-order chi connectivity index (χ1) is 7.74. The topological polar surface area (TPSA) is 60.2 Å². The number of ether oxygens (including phenoxy) is 1. The molecule has 0 saturated heterocycles. The fourth-order valence-electron chi connectivity index (χ4n) is 2.19. The predicted octanol–water partition coefficient (Wildman–Crippen LogP) is 0.665. The molecule has 0 spiro atoms. The summed E-state index contributed by atoms with van der Waals surface area (Å²) in [5.74, 6) is 2.26. The molecule has 0 bridgehead atoms. The van der Waals surface area contributed by atoms with Crippen molar-refractivity contribution in [3.63, 3.8) is 0 Å². The van der Waals surface area contributed by atoms with Gasteiger partial charge in [-0.3, -0.25) is 0 Å². The van der Waals surface area contributed by atoms with Gasteiger partial charge >= 0.3 is 0 Å². The number of aliphatic hydroxyl groups is 1. The van der Waals surface area contributed by atoms with Gasteiger partial charge in [-0.15, -0.1) is 10.2 Å². The van der Waals surface area contributed by atoms with Crippen molar-refractivity contribution < 1.29 is 9.84 Å². The number of hydrogen-bond donors (Lipinski definition) is 1. The van der Waals surface area contributed by atoms with E-state index in [2.05, 4.69) is 10.2 Å². The minimum Gasteiger partial charge on any atom is -0.388 e. The fourth-order valence-corrected chi connectivity index (χ4v) is 2.19. The Hall–Kier alpha value is -0.940. The van der Waals surface area contributed by atoms with Gasteiger partial charge in [0.2, 0.25) is 0 Å². The second-order valence-electron chi connectivity index (χ2n) is 4.37. The van der Waals surface area contributed by atoms with Gasteiger partial charge in [0.05, 0.1) is 6.10 Å². The van der Waals surface area contributed by atoms with E-state index in [1.54, 1.807) is 0 Å². The third kappa shape index (κ3) is 2.25. The van der Waals surface area contributed by atoms with E-state index < -0.39 is 0 Å². The molecule has 1 fully saturated rings. The van der Waals surface area contributed by atoms with Crippen LogP contribution in [0.2, 0.25) is 0 Å². The van der Waals surface area contributed by atoms with Gasteiger partial charge in [0.1, 0.15) is 12.4 Å². The zero-order valence-electron chi connectivity index (χ0n) is 9.89. The average molecular weight is 225 g/mol. The van der Waals surface area contributed by atoms with E-state index in [1.165, 1.54) is 0 Å². The van der Waals surface area contributed by atoms with Crippen molar-refractivity contribution in [2.45, 2.75) is 38.9 Å². The molecule has 1 aliphatic carbocycles. The zero-order valence-corrected chi connectivity index (χ0v) is 9.89. The van der Waals surface area contributed by atoms with Crippen LogP contribution in [0, 0.1) is 5.92 Å².